The number of benzene rings is 1. The molecular weight excluding hydrogens is 470 g/mol. The highest BCUT2D eigenvalue weighted by Crippen LogP contribution is 2.57. The van der Waals surface area contributed by atoms with Crippen molar-refractivity contribution in [1.29, 1.82) is 0 Å². The monoisotopic (exact) mass is 507 g/mol. The molecule has 0 bridgehead atoms. The van der Waals surface area contributed by atoms with Gasteiger partial charge in [-0.15, -0.1) is 0 Å². The molecule has 198 valence electrons. The van der Waals surface area contributed by atoms with Crippen molar-refractivity contribution >= 4 is 17.7 Å². The van der Waals surface area contributed by atoms with Gasteiger partial charge in [0.05, 0.1) is 6.10 Å². The summed E-state index contributed by atoms with van der Waals surface area (Å²) in [5.41, 5.74) is -0.500. The van der Waals surface area contributed by atoms with Crippen molar-refractivity contribution < 1.29 is 29.3 Å². The molecule has 7 heteroatoms. The molecule has 3 N–H and O–H groups in total. The topological polar surface area (TPSA) is 113 Å². The highest BCUT2D eigenvalue weighted by Gasteiger charge is 2.67. The standard InChI is InChI=1S/C30H37NO6/c1-17-10-9-13-22-26(33)19(3)18(2)25-23(16-21-11-7-6-8-12-21)31-28(35)30(22,25)24(37-20(4)32)14-15-29(5,36)27(17)34/h6-9,11-15,17,22-26,33,36H,10,16H2,1-5H3,(H,31,35)/b13-9+,15-14?/t17?,22-,23-,24-,25?,26+,29+,30+/m0/s1. The molecule has 1 aromatic carbocycles. The fourth-order valence-electron chi connectivity index (χ4n) is 6.54. The lowest BCUT2D eigenvalue weighted by Crippen LogP contribution is -2.58. The molecule has 1 aromatic rings. The van der Waals surface area contributed by atoms with Crippen LogP contribution in [0.3, 0.4) is 0 Å². The molecule has 1 heterocycles. The van der Waals surface area contributed by atoms with Crippen LogP contribution in [0.4, 0.5) is 0 Å². The summed E-state index contributed by atoms with van der Waals surface area (Å²) >= 11 is 0. The Balaban J connectivity index is 1.96. The Kier molecular flexibility index (Phi) is 7.32. The van der Waals surface area contributed by atoms with E-state index in [0.29, 0.717) is 12.8 Å². The molecular formula is C30H37NO6. The number of carbonyl (C=O) groups excluding carboxylic acids is 3. The zero-order valence-electron chi connectivity index (χ0n) is 22.1. The highest BCUT2D eigenvalue weighted by atomic mass is 16.5. The number of nitrogens with one attached hydrogen (secondary N) is 1. The molecule has 1 amide bonds. The molecule has 1 aliphatic heterocycles. The van der Waals surface area contributed by atoms with E-state index in [-0.39, 0.29) is 17.7 Å². The number of hydrogen-bond donors (Lipinski definition) is 3. The van der Waals surface area contributed by atoms with Gasteiger partial charge in [-0.3, -0.25) is 14.4 Å². The fourth-order valence-corrected chi connectivity index (χ4v) is 6.54. The molecule has 7 nitrogen and oxygen atoms in total. The Hall–Kier alpha value is -3.03. The van der Waals surface area contributed by atoms with Crippen molar-refractivity contribution in [3.63, 3.8) is 0 Å². The van der Waals surface area contributed by atoms with Crippen LogP contribution in [0.1, 0.15) is 46.6 Å². The first kappa shape index (κ1) is 27.0. The van der Waals surface area contributed by atoms with E-state index in [1.807, 2.05) is 44.2 Å². The third kappa shape index (κ3) is 4.59. The Morgan fingerprint density at radius 1 is 1.14 bits per heavy atom. The normalized spacial score (nSPS) is 38.8. The number of aliphatic hydroxyl groups excluding tert-OH is 1. The van der Waals surface area contributed by atoms with Gasteiger partial charge in [-0.25, -0.2) is 0 Å². The van der Waals surface area contributed by atoms with Crippen molar-refractivity contribution in [2.75, 3.05) is 0 Å². The fraction of sp³-hybridized carbons (Fsp3) is 0.500. The van der Waals surface area contributed by atoms with Crippen LogP contribution >= 0.6 is 0 Å². The number of rotatable bonds is 3. The molecule has 2 unspecified atom stereocenters. The number of amides is 1. The van der Waals surface area contributed by atoms with E-state index in [9.17, 15) is 24.6 Å². The quantitative estimate of drug-likeness (QED) is 0.428. The number of ketones is 1. The van der Waals surface area contributed by atoms with Gasteiger partial charge in [-0.05, 0) is 56.9 Å². The van der Waals surface area contributed by atoms with E-state index < -0.39 is 46.9 Å². The third-order valence-electron chi connectivity index (χ3n) is 8.49. The van der Waals surface area contributed by atoms with Crippen LogP contribution in [0.25, 0.3) is 0 Å². The van der Waals surface area contributed by atoms with E-state index in [4.69, 9.17) is 4.74 Å². The number of carbonyl (C=O) groups is 3. The lowest BCUT2D eigenvalue weighted by Gasteiger charge is -2.49. The van der Waals surface area contributed by atoms with E-state index in [1.54, 1.807) is 19.1 Å². The number of Topliss-reactive ketones (excluding diaryl/α,β-unsaturated/α-hetero) is 1. The summed E-state index contributed by atoms with van der Waals surface area (Å²) < 4.78 is 5.82. The van der Waals surface area contributed by atoms with Crippen molar-refractivity contribution in [3.8, 4) is 0 Å². The maximum atomic E-state index is 14.2. The second-order valence-electron chi connectivity index (χ2n) is 11.0. The van der Waals surface area contributed by atoms with E-state index >= 15 is 0 Å². The molecule has 1 saturated heterocycles. The second-order valence-corrected chi connectivity index (χ2v) is 11.0. The maximum absolute atomic E-state index is 14.2. The zero-order chi connectivity index (χ0) is 27.1. The summed E-state index contributed by atoms with van der Waals surface area (Å²) in [6.07, 6.45) is 5.17. The number of ether oxygens (including phenoxy) is 1. The summed E-state index contributed by atoms with van der Waals surface area (Å²) in [6.45, 7) is 8.20. The van der Waals surface area contributed by atoms with Crippen molar-refractivity contribution in [2.45, 2.75) is 71.3 Å². The summed E-state index contributed by atoms with van der Waals surface area (Å²) in [5, 5.41) is 25.7. The molecule has 0 aromatic heterocycles. The highest BCUT2D eigenvalue weighted by molar-refractivity contribution is 5.91. The lowest BCUT2D eigenvalue weighted by atomic mass is 9.54. The van der Waals surface area contributed by atoms with Crippen LogP contribution in [0, 0.1) is 23.2 Å². The van der Waals surface area contributed by atoms with Crippen LogP contribution in [0.15, 0.2) is 65.8 Å². The molecule has 1 spiro atoms. The minimum atomic E-state index is -1.82. The van der Waals surface area contributed by atoms with Gasteiger partial charge in [0.25, 0.3) is 0 Å². The Morgan fingerprint density at radius 2 is 1.81 bits per heavy atom. The van der Waals surface area contributed by atoms with Crippen LogP contribution < -0.4 is 5.32 Å². The predicted molar refractivity (Wildman–Crippen MR) is 139 cm³/mol. The van der Waals surface area contributed by atoms with Crippen molar-refractivity contribution in [1.82, 2.24) is 5.32 Å². The average Bonchev–Trinajstić information content (AvgIpc) is 3.13. The molecule has 0 saturated carbocycles. The van der Waals surface area contributed by atoms with Crippen LogP contribution in [-0.4, -0.2) is 51.7 Å². The van der Waals surface area contributed by atoms with E-state index in [0.717, 1.165) is 16.7 Å². The SMILES string of the molecule is CC(=O)O[C@H]1C=C[C@@](C)(O)C(=O)C(C)C/C=C/[C@H]2[C@H](O)C(C)=C(C)C3[C@H](Cc4ccccc4)NC(=O)[C@@]312. The van der Waals surface area contributed by atoms with Crippen LogP contribution in [-0.2, 0) is 25.5 Å². The van der Waals surface area contributed by atoms with Crippen LogP contribution in [0.2, 0.25) is 0 Å². The number of aliphatic hydroxyl groups is 2. The molecule has 0 radical (unpaired) electrons. The smallest absolute Gasteiger partial charge is 0.303 e. The Morgan fingerprint density at radius 3 is 2.46 bits per heavy atom. The number of allylic oxidation sites excluding steroid dienone is 1. The second kappa shape index (κ2) is 10.0. The molecule has 37 heavy (non-hydrogen) atoms. The summed E-state index contributed by atoms with van der Waals surface area (Å²) in [5.74, 6) is -2.92. The summed E-state index contributed by atoms with van der Waals surface area (Å²) in [7, 11) is 0. The zero-order valence-corrected chi connectivity index (χ0v) is 22.1. The van der Waals surface area contributed by atoms with Gasteiger partial charge in [0.1, 0.15) is 17.1 Å². The van der Waals surface area contributed by atoms with Gasteiger partial charge in [0, 0.05) is 30.7 Å². The van der Waals surface area contributed by atoms with Crippen LogP contribution in [0.5, 0.6) is 0 Å². The first-order valence-corrected chi connectivity index (χ1v) is 12.9. The largest absolute Gasteiger partial charge is 0.457 e. The van der Waals surface area contributed by atoms with Gasteiger partial charge < -0.3 is 20.3 Å². The molecule has 1 fully saturated rings. The molecule has 2 aliphatic carbocycles. The van der Waals surface area contributed by atoms with Gasteiger partial charge in [-0.1, -0.05) is 55.0 Å². The van der Waals surface area contributed by atoms with E-state index in [2.05, 4.69) is 5.32 Å². The Labute approximate surface area is 218 Å². The Bertz CT molecular complexity index is 1170. The average molecular weight is 508 g/mol. The van der Waals surface area contributed by atoms with E-state index in [1.165, 1.54) is 26.0 Å². The van der Waals surface area contributed by atoms with Gasteiger partial charge >= 0.3 is 5.97 Å². The minimum absolute atomic E-state index is 0.314. The third-order valence-corrected chi connectivity index (χ3v) is 8.49. The minimum Gasteiger partial charge on any atom is -0.457 e. The number of hydrogen-bond acceptors (Lipinski definition) is 6. The summed E-state index contributed by atoms with van der Waals surface area (Å²) in [4.78, 5) is 39.5. The first-order chi connectivity index (χ1) is 17.4. The summed E-state index contributed by atoms with van der Waals surface area (Å²) in [6, 6.07) is 9.52. The van der Waals surface area contributed by atoms with Crippen molar-refractivity contribution in [2.24, 2.45) is 23.2 Å². The molecule has 4 rings (SSSR count). The lowest BCUT2D eigenvalue weighted by molar-refractivity contribution is -0.161. The molecule has 3 aliphatic rings. The van der Waals surface area contributed by atoms with Crippen molar-refractivity contribution in [3.05, 3.63) is 71.3 Å². The maximum Gasteiger partial charge on any atom is 0.303 e. The predicted octanol–water partition coefficient (Wildman–Crippen LogP) is 3.06. The molecule has 8 atom stereocenters. The van der Waals surface area contributed by atoms with Gasteiger partial charge in [0.2, 0.25) is 5.91 Å². The number of esters is 1. The van der Waals surface area contributed by atoms with Gasteiger partial charge in [0.15, 0.2) is 5.78 Å². The first-order valence-electron chi connectivity index (χ1n) is 12.9. The van der Waals surface area contributed by atoms with Gasteiger partial charge in [-0.2, -0.15) is 0 Å².